The number of amides is 1. The molecule has 2 saturated heterocycles. The van der Waals surface area contributed by atoms with Crippen molar-refractivity contribution in [3.05, 3.63) is 53.6 Å². The molecule has 1 unspecified atom stereocenters. The van der Waals surface area contributed by atoms with E-state index in [1.54, 1.807) is 33.5 Å². The number of ether oxygens (including phenoxy) is 1. The van der Waals surface area contributed by atoms with Gasteiger partial charge < -0.3 is 4.74 Å². The van der Waals surface area contributed by atoms with Gasteiger partial charge in [-0.15, -0.1) is 0 Å². The van der Waals surface area contributed by atoms with Crippen LogP contribution in [0, 0.1) is 12.8 Å². The molecule has 38 heavy (non-hydrogen) atoms. The molecule has 0 N–H and O–H groups in total. The minimum Gasteiger partial charge on any atom is -0.379 e. The Kier molecular flexibility index (Phi) is 8.44. The number of hydrogen-bond donors (Lipinski definition) is 0. The van der Waals surface area contributed by atoms with Crippen LogP contribution in [0.5, 0.6) is 0 Å². The van der Waals surface area contributed by atoms with Crippen molar-refractivity contribution >= 4 is 42.6 Å². The van der Waals surface area contributed by atoms with Crippen molar-refractivity contribution in [2.75, 3.05) is 57.4 Å². The number of rotatable bonds is 8. The fraction of sp³-hybridized carbons (Fsp3) is 0.500. The van der Waals surface area contributed by atoms with Gasteiger partial charge in [-0.05, 0) is 74.1 Å². The molecule has 2 aliphatic rings. The predicted molar refractivity (Wildman–Crippen MR) is 152 cm³/mol. The van der Waals surface area contributed by atoms with E-state index < -0.39 is 10.0 Å². The first-order chi connectivity index (χ1) is 18.3. The number of aromatic nitrogens is 1. The fourth-order valence-electron chi connectivity index (χ4n) is 5.14. The number of piperidine rings is 1. The summed E-state index contributed by atoms with van der Waals surface area (Å²) < 4.78 is 34.5. The highest BCUT2D eigenvalue weighted by molar-refractivity contribution is 7.89. The monoisotopic (exact) mass is 556 g/mol. The third-order valence-electron chi connectivity index (χ3n) is 7.33. The van der Waals surface area contributed by atoms with E-state index in [0.717, 1.165) is 67.9 Å². The summed E-state index contributed by atoms with van der Waals surface area (Å²) in [6.45, 7) is 9.91. The Morgan fingerprint density at radius 3 is 2.63 bits per heavy atom. The molecule has 1 aromatic heterocycles. The highest BCUT2D eigenvalue weighted by Crippen LogP contribution is 2.31. The molecule has 2 aliphatic heterocycles. The Morgan fingerprint density at radius 1 is 1.13 bits per heavy atom. The van der Waals surface area contributed by atoms with E-state index in [1.807, 2.05) is 19.1 Å². The SMILES string of the molecule is Cc1ccc2nc(N(CCCN3CCOCC3)C(=O)c3ccc(S(=O)(=O)N4CCCC(C)C4)cc3)sc2c1. The largest absolute Gasteiger partial charge is 0.379 e. The van der Waals surface area contributed by atoms with E-state index in [9.17, 15) is 13.2 Å². The maximum atomic E-state index is 13.8. The number of hydrogen-bond acceptors (Lipinski definition) is 7. The fourth-order valence-corrected chi connectivity index (χ4v) is 7.82. The summed E-state index contributed by atoms with van der Waals surface area (Å²) in [5.74, 6) is 0.182. The van der Waals surface area contributed by atoms with Crippen LogP contribution in [0.15, 0.2) is 47.4 Å². The molecule has 5 rings (SSSR count). The first-order valence-electron chi connectivity index (χ1n) is 13.4. The van der Waals surface area contributed by atoms with Gasteiger partial charge in [-0.1, -0.05) is 24.3 Å². The molecular formula is C28H36N4O4S2. The van der Waals surface area contributed by atoms with Gasteiger partial charge in [0.05, 0.1) is 28.3 Å². The van der Waals surface area contributed by atoms with Crippen molar-refractivity contribution < 1.29 is 17.9 Å². The Balaban J connectivity index is 1.36. The van der Waals surface area contributed by atoms with E-state index in [-0.39, 0.29) is 10.8 Å². The van der Waals surface area contributed by atoms with E-state index in [4.69, 9.17) is 9.72 Å². The van der Waals surface area contributed by atoms with E-state index >= 15 is 0 Å². The van der Waals surface area contributed by atoms with Gasteiger partial charge in [-0.2, -0.15) is 4.31 Å². The molecular weight excluding hydrogens is 520 g/mol. The second-order valence-corrected chi connectivity index (χ2v) is 13.3. The van der Waals surface area contributed by atoms with Crippen LogP contribution >= 0.6 is 11.3 Å². The number of carbonyl (C=O) groups excluding carboxylic acids is 1. The van der Waals surface area contributed by atoms with Gasteiger partial charge in [-0.3, -0.25) is 14.6 Å². The van der Waals surface area contributed by atoms with Crippen molar-refractivity contribution in [2.24, 2.45) is 5.92 Å². The van der Waals surface area contributed by atoms with Gasteiger partial charge >= 0.3 is 0 Å². The Bertz CT molecular complexity index is 1370. The van der Waals surface area contributed by atoms with Gasteiger partial charge in [-0.25, -0.2) is 13.4 Å². The van der Waals surface area contributed by atoms with Crippen LogP contribution in [0.25, 0.3) is 10.2 Å². The molecule has 1 amide bonds. The number of carbonyl (C=O) groups is 1. The second-order valence-electron chi connectivity index (χ2n) is 10.4. The molecule has 8 nitrogen and oxygen atoms in total. The number of thiazole rings is 1. The van der Waals surface area contributed by atoms with E-state index in [1.165, 1.54) is 11.3 Å². The molecule has 1 atom stereocenters. The highest BCUT2D eigenvalue weighted by atomic mass is 32.2. The number of aryl methyl sites for hydroxylation is 1. The van der Waals surface area contributed by atoms with Crippen LogP contribution in [0.4, 0.5) is 5.13 Å². The summed E-state index contributed by atoms with van der Waals surface area (Å²) in [6.07, 6.45) is 2.73. The third-order valence-corrected chi connectivity index (χ3v) is 10.2. The molecule has 2 fully saturated rings. The van der Waals surface area contributed by atoms with Crippen LogP contribution in [0.1, 0.15) is 42.1 Å². The Hall–Kier alpha value is -2.37. The molecule has 0 aliphatic carbocycles. The van der Waals surface area contributed by atoms with Crippen LogP contribution < -0.4 is 4.90 Å². The molecule has 3 heterocycles. The minimum absolute atomic E-state index is 0.168. The average molecular weight is 557 g/mol. The lowest BCUT2D eigenvalue weighted by molar-refractivity contribution is 0.0376. The lowest BCUT2D eigenvalue weighted by Crippen LogP contribution is -2.39. The number of fused-ring (bicyclic) bond motifs is 1. The minimum atomic E-state index is -3.58. The van der Waals surface area contributed by atoms with Gasteiger partial charge in [0.2, 0.25) is 10.0 Å². The van der Waals surface area contributed by atoms with Crippen molar-refractivity contribution in [1.29, 1.82) is 0 Å². The molecule has 0 radical (unpaired) electrons. The topological polar surface area (TPSA) is 83.0 Å². The number of morpholine rings is 1. The van der Waals surface area contributed by atoms with Crippen molar-refractivity contribution in [3.8, 4) is 0 Å². The van der Waals surface area contributed by atoms with Crippen molar-refractivity contribution in [3.63, 3.8) is 0 Å². The average Bonchev–Trinajstić information content (AvgIpc) is 3.34. The zero-order valence-electron chi connectivity index (χ0n) is 22.1. The first-order valence-corrected chi connectivity index (χ1v) is 15.7. The predicted octanol–water partition coefficient (Wildman–Crippen LogP) is 4.39. The van der Waals surface area contributed by atoms with Crippen LogP contribution in [-0.4, -0.2) is 81.0 Å². The maximum absolute atomic E-state index is 13.8. The van der Waals surface area contributed by atoms with Gasteiger partial charge in [0.15, 0.2) is 5.13 Å². The standard InChI is InChI=1S/C28H36N4O4S2/c1-21-6-11-25-26(19-21)37-28(29-25)32(14-4-12-30-15-17-36-18-16-30)27(33)23-7-9-24(10-8-23)38(34,35)31-13-3-5-22(2)20-31/h6-11,19,22H,3-5,12-18,20H2,1-2H3. The lowest BCUT2D eigenvalue weighted by Gasteiger charge is -2.30. The molecule has 0 bridgehead atoms. The molecule has 2 aromatic carbocycles. The van der Waals surface area contributed by atoms with E-state index in [2.05, 4.69) is 17.9 Å². The van der Waals surface area contributed by atoms with Gasteiger partial charge in [0.1, 0.15) is 0 Å². The molecule has 0 spiro atoms. The highest BCUT2D eigenvalue weighted by Gasteiger charge is 2.29. The molecule has 10 heteroatoms. The molecule has 0 saturated carbocycles. The zero-order valence-corrected chi connectivity index (χ0v) is 23.8. The number of sulfonamides is 1. The zero-order chi connectivity index (χ0) is 26.7. The van der Waals surface area contributed by atoms with Crippen molar-refractivity contribution in [1.82, 2.24) is 14.2 Å². The Morgan fingerprint density at radius 2 is 1.89 bits per heavy atom. The summed E-state index contributed by atoms with van der Waals surface area (Å²) >= 11 is 1.51. The Labute approximate surface area is 229 Å². The summed E-state index contributed by atoms with van der Waals surface area (Å²) in [6, 6.07) is 12.5. The first kappa shape index (κ1) is 27.2. The second kappa shape index (κ2) is 11.8. The normalized spacial score (nSPS) is 19.6. The van der Waals surface area contributed by atoms with Crippen LogP contribution in [0.3, 0.4) is 0 Å². The quantitative estimate of drug-likeness (QED) is 0.409. The number of nitrogens with zero attached hydrogens (tertiary/aromatic N) is 4. The maximum Gasteiger partial charge on any atom is 0.260 e. The van der Waals surface area contributed by atoms with Crippen LogP contribution in [0.2, 0.25) is 0 Å². The van der Waals surface area contributed by atoms with Crippen LogP contribution in [-0.2, 0) is 14.8 Å². The van der Waals surface area contributed by atoms with Gasteiger partial charge in [0, 0.05) is 44.8 Å². The molecule has 204 valence electrons. The summed E-state index contributed by atoms with van der Waals surface area (Å²) in [5.41, 5.74) is 2.48. The third kappa shape index (κ3) is 6.10. The summed E-state index contributed by atoms with van der Waals surface area (Å²) in [5, 5.41) is 0.663. The molecule has 3 aromatic rings. The summed E-state index contributed by atoms with van der Waals surface area (Å²) in [4.78, 5) is 22.9. The smallest absolute Gasteiger partial charge is 0.260 e. The number of anilines is 1. The van der Waals surface area contributed by atoms with Gasteiger partial charge in [0.25, 0.3) is 5.91 Å². The van der Waals surface area contributed by atoms with E-state index in [0.29, 0.717) is 36.2 Å². The number of benzene rings is 2. The van der Waals surface area contributed by atoms with Crippen molar-refractivity contribution in [2.45, 2.75) is 38.0 Å². The lowest BCUT2D eigenvalue weighted by atomic mass is 10.0. The summed E-state index contributed by atoms with van der Waals surface area (Å²) in [7, 11) is -3.58.